The van der Waals surface area contributed by atoms with Gasteiger partial charge in [-0.2, -0.15) is 0 Å². The quantitative estimate of drug-likeness (QED) is 0.679. The zero-order valence-corrected chi connectivity index (χ0v) is 11.8. The lowest BCUT2D eigenvalue weighted by Crippen LogP contribution is -1.98. The summed E-state index contributed by atoms with van der Waals surface area (Å²) in [7, 11) is 0. The summed E-state index contributed by atoms with van der Waals surface area (Å²) < 4.78 is 5.04. The minimum absolute atomic E-state index is 0.704. The number of nitrogens with one attached hydrogen (secondary N) is 1. The zero-order chi connectivity index (χ0) is 14.8. The number of terminal acetylenes is 1. The van der Waals surface area contributed by atoms with Crippen molar-refractivity contribution in [2.75, 3.05) is 5.32 Å². The number of rotatable bonds is 4. The summed E-state index contributed by atoms with van der Waals surface area (Å²) in [5, 5.41) is 2.66. The second kappa shape index (κ2) is 8.60. The van der Waals surface area contributed by atoms with Gasteiger partial charge in [-0.1, -0.05) is 18.2 Å². The first-order chi connectivity index (χ1) is 9.69. The van der Waals surface area contributed by atoms with Crippen molar-refractivity contribution in [3.63, 3.8) is 0 Å². The highest BCUT2D eigenvalue weighted by Crippen LogP contribution is 2.17. The van der Waals surface area contributed by atoms with Crippen LogP contribution in [0.25, 0.3) is 0 Å². The molecule has 0 unspecified atom stereocenters. The minimum atomic E-state index is 0.704. The molecule has 0 aliphatic heterocycles. The third kappa shape index (κ3) is 5.03. The average Bonchev–Trinajstić information content (AvgIpc) is 2.95. The highest BCUT2D eigenvalue weighted by atomic mass is 16.3. The van der Waals surface area contributed by atoms with E-state index in [1.807, 2.05) is 44.2 Å². The first-order valence-corrected chi connectivity index (χ1v) is 6.41. The number of amides is 1. The van der Waals surface area contributed by atoms with Gasteiger partial charge in [0.25, 0.3) is 0 Å². The zero-order valence-electron chi connectivity index (χ0n) is 11.8. The Morgan fingerprint density at radius 2 is 1.95 bits per heavy atom. The monoisotopic (exact) mass is 269 g/mol. The maximum Gasteiger partial charge on any atom is 0.211 e. The molecule has 0 radical (unpaired) electrons. The van der Waals surface area contributed by atoms with Gasteiger partial charge in [-0.15, -0.1) is 12.3 Å². The Balaban J connectivity index is 0.000000204. The van der Waals surface area contributed by atoms with Gasteiger partial charge in [0, 0.05) is 18.5 Å². The topological polar surface area (TPSA) is 42.2 Å². The van der Waals surface area contributed by atoms with E-state index in [0.717, 1.165) is 35.4 Å². The van der Waals surface area contributed by atoms with Crippen molar-refractivity contribution in [2.45, 2.75) is 26.7 Å². The molecule has 3 nitrogen and oxygen atoms in total. The fourth-order valence-corrected chi connectivity index (χ4v) is 1.75. The number of hydrogen-bond acceptors (Lipinski definition) is 2. The first kappa shape index (κ1) is 15.6. The highest BCUT2D eigenvalue weighted by molar-refractivity contribution is 5.75. The van der Waals surface area contributed by atoms with Crippen molar-refractivity contribution in [3.8, 4) is 12.3 Å². The predicted molar refractivity (Wildman–Crippen MR) is 81.5 cm³/mol. The molecule has 0 saturated carbocycles. The van der Waals surface area contributed by atoms with E-state index in [1.54, 1.807) is 6.26 Å². The summed E-state index contributed by atoms with van der Waals surface area (Å²) in [5.74, 6) is 3.51. The van der Waals surface area contributed by atoms with Crippen LogP contribution >= 0.6 is 0 Å². The number of furan rings is 1. The van der Waals surface area contributed by atoms with Gasteiger partial charge in [-0.25, -0.2) is 0 Å². The molecule has 1 aromatic carbocycles. The third-order valence-electron chi connectivity index (χ3n) is 2.78. The van der Waals surface area contributed by atoms with Crippen LogP contribution in [0.2, 0.25) is 0 Å². The molecule has 0 atom stereocenters. The molecule has 1 heterocycles. The van der Waals surface area contributed by atoms with E-state index in [0.29, 0.717) is 6.41 Å². The number of aryl methyl sites for hydroxylation is 3. The second-order valence-corrected chi connectivity index (χ2v) is 4.31. The molecular weight excluding hydrogens is 250 g/mol. The molecule has 2 aromatic rings. The molecule has 2 rings (SSSR count). The molecule has 0 saturated heterocycles. The fourth-order valence-electron chi connectivity index (χ4n) is 1.75. The van der Waals surface area contributed by atoms with E-state index >= 15 is 0 Å². The predicted octanol–water partition coefficient (Wildman–Crippen LogP) is 3.72. The van der Waals surface area contributed by atoms with Crippen LogP contribution in [0.1, 0.15) is 23.3 Å². The molecule has 104 valence electrons. The van der Waals surface area contributed by atoms with E-state index < -0.39 is 0 Å². The van der Waals surface area contributed by atoms with Gasteiger partial charge in [0.05, 0.1) is 6.26 Å². The summed E-state index contributed by atoms with van der Waals surface area (Å²) in [6, 6.07) is 9.71. The van der Waals surface area contributed by atoms with E-state index in [1.165, 1.54) is 0 Å². The number of hydrogen-bond donors (Lipinski definition) is 1. The lowest BCUT2D eigenvalue weighted by molar-refractivity contribution is -0.105. The number of carbonyl (C=O) groups excluding carboxylic acids is 1. The molecule has 0 fully saturated rings. The minimum Gasteiger partial charge on any atom is -0.469 e. The SMILES string of the molecule is C#CCCc1ccco1.Cc1cccc(C)c1NC=O. The van der Waals surface area contributed by atoms with Crippen molar-refractivity contribution in [2.24, 2.45) is 0 Å². The summed E-state index contributed by atoms with van der Waals surface area (Å²) >= 11 is 0. The van der Waals surface area contributed by atoms with Gasteiger partial charge < -0.3 is 9.73 Å². The number of para-hydroxylation sites is 1. The Morgan fingerprint density at radius 3 is 2.45 bits per heavy atom. The average molecular weight is 269 g/mol. The molecule has 0 aliphatic carbocycles. The number of anilines is 1. The standard InChI is InChI=1S/C9H11NO.C8H8O/c1-7-4-3-5-8(2)9(7)10-6-11;1-2-3-5-8-6-4-7-9-8/h3-6H,1-2H3,(H,10,11);1,4,6-7H,3,5H2. The lowest BCUT2D eigenvalue weighted by Gasteiger charge is -2.06. The molecule has 20 heavy (non-hydrogen) atoms. The molecule has 0 aliphatic rings. The van der Waals surface area contributed by atoms with Crippen LogP contribution in [0.5, 0.6) is 0 Å². The van der Waals surface area contributed by atoms with Crippen LogP contribution in [0.3, 0.4) is 0 Å². The van der Waals surface area contributed by atoms with Crippen LogP contribution in [-0.4, -0.2) is 6.41 Å². The van der Waals surface area contributed by atoms with Crippen molar-refractivity contribution in [3.05, 3.63) is 53.5 Å². The van der Waals surface area contributed by atoms with Crippen LogP contribution in [0.15, 0.2) is 41.0 Å². The van der Waals surface area contributed by atoms with Crippen molar-refractivity contribution in [1.82, 2.24) is 0 Å². The van der Waals surface area contributed by atoms with Gasteiger partial charge in [0.2, 0.25) is 6.41 Å². The Kier molecular flexibility index (Phi) is 6.70. The summed E-state index contributed by atoms with van der Waals surface area (Å²) in [4.78, 5) is 10.2. The van der Waals surface area contributed by atoms with E-state index in [4.69, 9.17) is 10.8 Å². The Bertz CT molecular complexity index is 545. The summed E-state index contributed by atoms with van der Waals surface area (Å²) in [6.45, 7) is 3.94. The van der Waals surface area contributed by atoms with E-state index in [2.05, 4.69) is 11.2 Å². The van der Waals surface area contributed by atoms with E-state index in [9.17, 15) is 4.79 Å². The lowest BCUT2D eigenvalue weighted by atomic mass is 10.1. The summed E-state index contributed by atoms with van der Waals surface area (Å²) in [5.41, 5.74) is 3.11. The largest absolute Gasteiger partial charge is 0.469 e. The van der Waals surface area contributed by atoms with Crippen molar-refractivity contribution < 1.29 is 9.21 Å². The molecular formula is C17H19NO2. The summed E-state index contributed by atoms with van der Waals surface area (Å²) in [6.07, 6.45) is 9.02. The normalized spacial score (nSPS) is 9.05. The maximum absolute atomic E-state index is 10.2. The molecule has 0 bridgehead atoms. The smallest absolute Gasteiger partial charge is 0.211 e. The Labute approximate surface area is 120 Å². The number of carbonyl (C=O) groups is 1. The highest BCUT2D eigenvalue weighted by Gasteiger charge is 1.98. The third-order valence-corrected chi connectivity index (χ3v) is 2.78. The number of benzene rings is 1. The van der Waals surface area contributed by atoms with Crippen LogP contribution in [-0.2, 0) is 11.2 Å². The van der Waals surface area contributed by atoms with Gasteiger partial charge in [-0.05, 0) is 37.1 Å². The van der Waals surface area contributed by atoms with Gasteiger partial charge in [-0.3, -0.25) is 4.79 Å². The van der Waals surface area contributed by atoms with Crippen LogP contribution < -0.4 is 5.32 Å². The molecule has 1 aromatic heterocycles. The van der Waals surface area contributed by atoms with E-state index in [-0.39, 0.29) is 0 Å². The Hall–Kier alpha value is -2.47. The van der Waals surface area contributed by atoms with Gasteiger partial charge in [0.1, 0.15) is 5.76 Å². The van der Waals surface area contributed by atoms with Crippen molar-refractivity contribution in [1.29, 1.82) is 0 Å². The fraction of sp³-hybridized carbons (Fsp3) is 0.235. The van der Waals surface area contributed by atoms with Crippen molar-refractivity contribution >= 4 is 12.1 Å². The molecule has 1 amide bonds. The van der Waals surface area contributed by atoms with Gasteiger partial charge >= 0.3 is 0 Å². The van der Waals surface area contributed by atoms with Crippen LogP contribution in [0.4, 0.5) is 5.69 Å². The Morgan fingerprint density at radius 1 is 1.25 bits per heavy atom. The molecule has 1 N–H and O–H groups in total. The molecule has 0 spiro atoms. The molecule has 3 heteroatoms. The maximum atomic E-state index is 10.2. The van der Waals surface area contributed by atoms with Crippen LogP contribution in [0, 0.1) is 26.2 Å². The second-order valence-electron chi connectivity index (χ2n) is 4.31. The first-order valence-electron chi connectivity index (χ1n) is 6.41. The van der Waals surface area contributed by atoms with Gasteiger partial charge in [0.15, 0.2) is 0 Å².